The third-order valence-corrected chi connectivity index (χ3v) is 16.4. The largest absolute Gasteiger partial charge is 0.477 e. The zero-order valence-electron chi connectivity index (χ0n) is 57.9. The number of unbranched alkanes of at least 4 members (excludes halogenated alkanes) is 42. The van der Waals surface area contributed by atoms with Gasteiger partial charge in [0, 0.05) is 12.8 Å². The monoisotopic (exact) mass is 1220 g/mol. The van der Waals surface area contributed by atoms with Crippen molar-refractivity contribution in [1.29, 1.82) is 0 Å². The number of esters is 2. The van der Waals surface area contributed by atoms with Crippen molar-refractivity contribution in [3.63, 3.8) is 0 Å². The van der Waals surface area contributed by atoms with Gasteiger partial charge in [0.15, 0.2) is 6.10 Å². The Morgan fingerprint density at radius 3 is 0.920 bits per heavy atom. The number of aliphatic carboxylic acids is 1. The minimum absolute atomic E-state index is 0.183. The fourth-order valence-electron chi connectivity index (χ4n) is 10.7. The average Bonchev–Trinajstić information content (AvgIpc) is 3.57. The van der Waals surface area contributed by atoms with Crippen molar-refractivity contribution in [2.24, 2.45) is 0 Å². The summed E-state index contributed by atoms with van der Waals surface area (Å²) in [6, 6.07) is 0. The van der Waals surface area contributed by atoms with Crippen LogP contribution in [0.15, 0.2) is 72.9 Å². The lowest BCUT2D eigenvalue weighted by molar-refractivity contribution is -0.870. The van der Waals surface area contributed by atoms with E-state index in [1.807, 2.05) is 21.1 Å². The van der Waals surface area contributed by atoms with Crippen LogP contribution in [0, 0.1) is 0 Å². The van der Waals surface area contributed by atoms with E-state index >= 15 is 0 Å². The molecule has 0 aromatic carbocycles. The second-order valence-corrected chi connectivity index (χ2v) is 26.3. The molecule has 0 spiro atoms. The number of carbonyl (C=O) groups is 3. The Bertz CT molecular complexity index is 1660. The van der Waals surface area contributed by atoms with Crippen LogP contribution in [0.4, 0.5) is 0 Å². The molecule has 506 valence electrons. The summed E-state index contributed by atoms with van der Waals surface area (Å²) in [4.78, 5) is 37.7. The third-order valence-electron chi connectivity index (χ3n) is 16.4. The molecule has 0 aliphatic carbocycles. The van der Waals surface area contributed by atoms with E-state index in [4.69, 9.17) is 18.9 Å². The normalized spacial score (nSPS) is 13.1. The van der Waals surface area contributed by atoms with Crippen LogP contribution in [-0.4, -0.2) is 87.4 Å². The Morgan fingerprint density at radius 1 is 0.345 bits per heavy atom. The Morgan fingerprint density at radius 2 is 0.621 bits per heavy atom. The third kappa shape index (κ3) is 70.1. The molecule has 0 heterocycles. The Labute approximate surface area is 538 Å². The molecule has 2 atom stereocenters. The number of allylic oxidation sites excluding steroid dienone is 12. The van der Waals surface area contributed by atoms with Gasteiger partial charge in [-0.15, -0.1) is 0 Å². The van der Waals surface area contributed by atoms with Crippen molar-refractivity contribution < 1.29 is 42.9 Å². The molecular formula is C78H142NO8+. The first-order valence-corrected chi connectivity index (χ1v) is 37.1. The summed E-state index contributed by atoms with van der Waals surface area (Å²) in [5, 5.41) is 9.75. The maximum atomic E-state index is 13.0. The average molecular weight is 1220 g/mol. The van der Waals surface area contributed by atoms with E-state index < -0.39 is 24.3 Å². The maximum absolute atomic E-state index is 13.0. The molecule has 0 fully saturated rings. The van der Waals surface area contributed by atoms with E-state index in [1.165, 1.54) is 257 Å². The number of carboxylic acid groups (broad SMARTS) is 1. The first-order valence-electron chi connectivity index (χ1n) is 37.1. The van der Waals surface area contributed by atoms with Crippen LogP contribution >= 0.6 is 0 Å². The molecule has 0 saturated heterocycles. The lowest BCUT2D eigenvalue weighted by Crippen LogP contribution is -2.40. The molecule has 9 nitrogen and oxygen atoms in total. The molecule has 0 aromatic heterocycles. The minimum atomic E-state index is -1.51. The molecule has 2 unspecified atom stereocenters. The van der Waals surface area contributed by atoms with Crippen molar-refractivity contribution in [3.05, 3.63) is 72.9 Å². The van der Waals surface area contributed by atoms with Gasteiger partial charge >= 0.3 is 17.9 Å². The van der Waals surface area contributed by atoms with Gasteiger partial charge in [-0.3, -0.25) is 9.59 Å². The fourth-order valence-corrected chi connectivity index (χ4v) is 10.7. The highest BCUT2D eigenvalue weighted by molar-refractivity contribution is 5.71. The number of nitrogens with zero attached hydrogens (tertiary/aromatic N) is 1. The number of quaternary nitrogens is 1. The summed E-state index contributed by atoms with van der Waals surface area (Å²) < 4.78 is 23.0. The predicted molar refractivity (Wildman–Crippen MR) is 373 cm³/mol. The summed E-state index contributed by atoms with van der Waals surface area (Å²) >= 11 is 0. The number of ether oxygens (including phenoxy) is 4. The molecule has 0 aliphatic rings. The van der Waals surface area contributed by atoms with Crippen molar-refractivity contribution in [1.82, 2.24) is 0 Å². The molecule has 0 radical (unpaired) electrons. The molecule has 87 heavy (non-hydrogen) atoms. The Balaban J connectivity index is 4.04. The smallest absolute Gasteiger partial charge is 0.361 e. The highest BCUT2D eigenvalue weighted by Crippen LogP contribution is 2.18. The zero-order chi connectivity index (χ0) is 63.3. The molecular weight excluding hydrogens is 1080 g/mol. The van der Waals surface area contributed by atoms with Crippen molar-refractivity contribution in [2.45, 2.75) is 360 Å². The number of likely N-dealkylation sites (N-methyl/N-ethyl adjacent to an activating group) is 1. The van der Waals surface area contributed by atoms with E-state index in [0.29, 0.717) is 17.4 Å². The van der Waals surface area contributed by atoms with Gasteiger partial charge in [0.1, 0.15) is 13.2 Å². The van der Waals surface area contributed by atoms with Crippen LogP contribution < -0.4 is 0 Å². The Kier molecular flexibility index (Phi) is 66.1. The minimum Gasteiger partial charge on any atom is -0.477 e. The van der Waals surface area contributed by atoms with E-state index in [2.05, 4.69) is 86.8 Å². The molecule has 9 heteroatoms. The quantitative estimate of drug-likeness (QED) is 0.0211. The van der Waals surface area contributed by atoms with Crippen LogP contribution in [0.25, 0.3) is 0 Å². The second-order valence-electron chi connectivity index (χ2n) is 26.3. The predicted octanol–water partition coefficient (Wildman–Crippen LogP) is 23.3. The summed E-state index contributed by atoms with van der Waals surface area (Å²) in [5.41, 5.74) is 0. The SMILES string of the molecule is CCCCCCC/C=C\C/C=C\C/C=C\CCCCCCCCCCCCCCCCCCCCCCCCC(=O)OC(COC(=O)CCCCCCCCCCCC/C=C\C/C=C\C/C=C\CCCCCCC)COC(OCC[N+](C)(C)C)C(=O)O. The van der Waals surface area contributed by atoms with Crippen LogP contribution in [0.3, 0.4) is 0 Å². The Hall–Kier alpha value is -3.27. The van der Waals surface area contributed by atoms with Gasteiger partial charge < -0.3 is 28.5 Å². The number of carboxylic acids is 1. The number of hydrogen-bond acceptors (Lipinski definition) is 7. The van der Waals surface area contributed by atoms with Gasteiger partial charge in [-0.1, -0.05) is 318 Å². The van der Waals surface area contributed by atoms with Crippen LogP contribution in [0.2, 0.25) is 0 Å². The van der Waals surface area contributed by atoms with Gasteiger partial charge in [0.25, 0.3) is 6.29 Å². The lowest BCUT2D eigenvalue weighted by Gasteiger charge is -2.25. The summed E-state index contributed by atoms with van der Waals surface area (Å²) in [5.74, 6) is -1.99. The van der Waals surface area contributed by atoms with Gasteiger partial charge in [-0.2, -0.15) is 0 Å². The van der Waals surface area contributed by atoms with Gasteiger partial charge in [0.2, 0.25) is 0 Å². The van der Waals surface area contributed by atoms with E-state index in [0.717, 1.165) is 64.2 Å². The first kappa shape index (κ1) is 83.7. The summed E-state index contributed by atoms with van der Waals surface area (Å²) in [6.45, 7) is 4.89. The summed E-state index contributed by atoms with van der Waals surface area (Å²) in [7, 11) is 5.98. The van der Waals surface area contributed by atoms with Crippen molar-refractivity contribution >= 4 is 17.9 Å². The number of carbonyl (C=O) groups excluding carboxylic acids is 2. The highest BCUT2D eigenvalue weighted by Gasteiger charge is 2.25. The van der Waals surface area contributed by atoms with Crippen LogP contribution in [-0.2, 0) is 33.3 Å². The first-order chi connectivity index (χ1) is 42.6. The van der Waals surface area contributed by atoms with Crippen LogP contribution in [0.1, 0.15) is 348 Å². The van der Waals surface area contributed by atoms with Crippen LogP contribution in [0.5, 0.6) is 0 Å². The second kappa shape index (κ2) is 68.6. The molecule has 0 aromatic rings. The molecule has 0 rings (SSSR count). The molecule has 0 saturated carbocycles. The number of rotatable bonds is 69. The summed E-state index contributed by atoms with van der Waals surface area (Å²) in [6.07, 6.45) is 88.9. The highest BCUT2D eigenvalue weighted by atomic mass is 16.7. The maximum Gasteiger partial charge on any atom is 0.361 e. The van der Waals surface area contributed by atoms with Crippen molar-refractivity contribution in [3.8, 4) is 0 Å². The lowest BCUT2D eigenvalue weighted by atomic mass is 10.0. The van der Waals surface area contributed by atoms with Crippen molar-refractivity contribution in [2.75, 3.05) is 47.5 Å². The molecule has 1 N–H and O–H groups in total. The zero-order valence-corrected chi connectivity index (χ0v) is 57.9. The fraction of sp³-hybridized carbons (Fsp3) is 0.808. The van der Waals surface area contributed by atoms with Gasteiger partial charge in [-0.05, 0) is 89.9 Å². The molecule has 0 amide bonds. The molecule has 0 aliphatic heterocycles. The number of hydrogen-bond donors (Lipinski definition) is 1. The van der Waals surface area contributed by atoms with E-state index in [1.54, 1.807) is 0 Å². The standard InChI is InChI=1S/C78H141NO8/c1-6-8-10-12-14-16-18-20-22-24-26-28-30-32-33-34-35-36-37-38-39-40-41-42-43-45-47-49-51-53-55-57-59-61-63-65-67-69-76(81)87-74(73-86-78(77(82)83)84-71-70-79(3,4)5)72-85-75(80)68-66-64-62-60-58-56-54-52-50-48-46-44-31-29-27-25-23-21-19-17-15-13-11-9-7-2/h18-21,24-27,30-32,44,74,78H,6-17,22-23,28-29,33-43,45-73H2,1-5H3/p+1/b20-18-,21-19-,26-24-,27-25-,32-30-,44-31-. The van der Waals surface area contributed by atoms with E-state index in [9.17, 15) is 19.5 Å². The molecule has 0 bridgehead atoms. The van der Waals surface area contributed by atoms with Gasteiger partial charge in [0.05, 0.1) is 34.4 Å². The van der Waals surface area contributed by atoms with Gasteiger partial charge in [-0.25, -0.2) is 4.79 Å². The topological polar surface area (TPSA) is 108 Å². The van der Waals surface area contributed by atoms with E-state index in [-0.39, 0.29) is 32.2 Å².